The topological polar surface area (TPSA) is 51.9 Å². The molecule has 1 aliphatic rings. The Bertz CT molecular complexity index is 1190. The molecule has 0 fully saturated rings. The third kappa shape index (κ3) is 2.62. The Balaban J connectivity index is 1.72. The molecule has 1 aliphatic heterocycles. The quantitative estimate of drug-likeness (QED) is 0.587. The average molecular weight is 370 g/mol. The molecule has 5 rings (SSSR count). The highest BCUT2D eigenvalue weighted by atomic mass is 16.1. The predicted molar refractivity (Wildman–Crippen MR) is 111 cm³/mol. The number of aromatic nitrogens is 3. The molecule has 2 aromatic carbocycles. The Morgan fingerprint density at radius 1 is 1.11 bits per heavy atom. The molecule has 1 amide bonds. The second-order valence-electron chi connectivity index (χ2n) is 7.51. The van der Waals surface area contributed by atoms with Crippen LogP contribution in [0.3, 0.4) is 0 Å². The van der Waals surface area contributed by atoms with E-state index >= 15 is 0 Å². The molecule has 0 saturated heterocycles. The first kappa shape index (κ1) is 16.8. The number of hydrogen-bond donors (Lipinski definition) is 1. The Morgan fingerprint density at radius 3 is 2.68 bits per heavy atom. The molecular formula is C23H22N4O. The summed E-state index contributed by atoms with van der Waals surface area (Å²) in [6, 6.07) is 16.6. The molecule has 0 spiro atoms. The number of carbonyl (C=O) groups is 1. The van der Waals surface area contributed by atoms with Gasteiger partial charge in [0.1, 0.15) is 0 Å². The van der Waals surface area contributed by atoms with E-state index < -0.39 is 0 Å². The summed E-state index contributed by atoms with van der Waals surface area (Å²) in [4.78, 5) is 12.6. The van der Waals surface area contributed by atoms with Crippen molar-refractivity contribution < 1.29 is 4.79 Å². The normalized spacial score (nSPS) is 16.2. The molecule has 0 unspecified atom stereocenters. The predicted octanol–water partition coefficient (Wildman–Crippen LogP) is 4.21. The zero-order valence-electron chi connectivity index (χ0n) is 16.0. The Kier molecular flexibility index (Phi) is 3.83. The number of rotatable bonds is 3. The van der Waals surface area contributed by atoms with Gasteiger partial charge in [-0.05, 0) is 30.2 Å². The van der Waals surface area contributed by atoms with Crippen molar-refractivity contribution in [2.75, 3.05) is 5.32 Å². The summed E-state index contributed by atoms with van der Waals surface area (Å²) in [6.07, 6.45) is 4.55. The van der Waals surface area contributed by atoms with Crippen LogP contribution in [0, 0.1) is 6.92 Å². The second kappa shape index (κ2) is 6.37. The molecular weight excluding hydrogens is 348 g/mol. The Hall–Kier alpha value is -3.34. The molecule has 5 heteroatoms. The van der Waals surface area contributed by atoms with Crippen LogP contribution in [-0.4, -0.2) is 20.3 Å². The van der Waals surface area contributed by atoms with Gasteiger partial charge in [-0.2, -0.15) is 5.10 Å². The Morgan fingerprint density at radius 2 is 1.93 bits per heavy atom. The fourth-order valence-corrected chi connectivity index (χ4v) is 4.30. The standard InChI is InChI=1S/C23H22N4O/c1-15-18(12-24-26(15)2)17-11-22(28)25-20-9-6-10-21-23(20)19(17)14-27(21)13-16-7-4-3-5-8-16/h3-10,12,14,17H,11,13H2,1-2H3,(H,25,28)/t17-/m1/s1. The number of nitrogens with one attached hydrogen (secondary N) is 1. The molecule has 2 aromatic heterocycles. The highest BCUT2D eigenvalue weighted by molar-refractivity contribution is 6.06. The fourth-order valence-electron chi connectivity index (χ4n) is 4.30. The van der Waals surface area contributed by atoms with E-state index in [4.69, 9.17) is 0 Å². The maximum atomic E-state index is 12.6. The summed E-state index contributed by atoms with van der Waals surface area (Å²) in [6.45, 7) is 2.86. The van der Waals surface area contributed by atoms with Gasteiger partial charge in [-0.3, -0.25) is 9.48 Å². The monoisotopic (exact) mass is 370 g/mol. The second-order valence-corrected chi connectivity index (χ2v) is 7.51. The van der Waals surface area contributed by atoms with Crippen molar-refractivity contribution >= 4 is 22.5 Å². The number of carbonyl (C=O) groups excluding carboxylic acids is 1. The van der Waals surface area contributed by atoms with Gasteiger partial charge in [-0.25, -0.2) is 0 Å². The molecule has 0 aliphatic carbocycles. The van der Waals surface area contributed by atoms with Gasteiger partial charge in [0.05, 0.1) is 17.4 Å². The van der Waals surface area contributed by atoms with E-state index in [1.807, 2.05) is 36.1 Å². The number of hydrogen-bond acceptors (Lipinski definition) is 2. The number of anilines is 1. The van der Waals surface area contributed by atoms with Crippen molar-refractivity contribution in [3.8, 4) is 0 Å². The lowest BCUT2D eigenvalue weighted by Gasteiger charge is -2.13. The number of benzene rings is 2. The van der Waals surface area contributed by atoms with E-state index in [2.05, 4.69) is 58.4 Å². The van der Waals surface area contributed by atoms with E-state index in [1.54, 1.807) is 0 Å². The van der Waals surface area contributed by atoms with Gasteiger partial charge in [0.2, 0.25) is 5.91 Å². The van der Waals surface area contributed by atoms with Crippen molar-refractivity contribution in [1.29, 1.82) is 0 Å². The number of nitrogens with zero attached hydrogens (tertiary/aromatic N) is 3. The highest BCUT2D eigenvalue weighted by Gasteiger charge is 2.29. The lowest BCUT2D eigenvalue weighted by molar-refractivity contribution is -0.116. The van der Waals surface area contributed by atoms with Crippen LogP contribution in [0.5, 0.6) is 0 Å². The minimum absolute atomic E-state index is 0.00290. The van der Waals surface area contributed by atoms with Crippen molar-refractivity contribution in [1.82, 2.24) is 14.3 Å². The van der Waals surface area contributed by atoms with Crippen molar-refractivity contribution in [3.63, 3.8) is 0 Å². The summed E-state index contributed by atoms with van der Waals surface area (Å²) >= 11 is 0. The first-order chi connectivity index (χ1) is 13.6. The minimum atomic E-state index is -0.00290. The number of amides is 1. The van der Waals surface area contributed by atoms with Gasteiger partial charge in [0.15, 0.2) is 0 Å². The summed E-state index contributed by atoms with van der Waals surface area (Å²) < 4.78 is 4.17. The lowest BCUT2D eigenvalue weighted by atomic mass is 9.89. The van der Waals surface area contributed by atoms with Crippen LogP contribution in [0.1, 0.15) is 34.7 Å². The molecule has 140 valence electrons. The van der Waals surface area contributed by atoms with E-state index in [1.165, 1.54) is 11.1 Å². The van der Waals surface area contributed by atoms with Gasteiger partial charge in [-0.1, -0.05) is 36.4 Å². The summed E-state index contributed by atoms with van der Waals surface area (Å²) in [5.74, 6) is 0.0448. The third-order valence-electron chi connectivity index (χ3n) is 5.82. The summed E-state index contributed by atoms with van der Waals surface area (Å²) in [7, 11) is 1.94. The van der Waals surface area contributed by atoms with Crippen LogP contribution in [0.25, 0.3) is 10.9 Å². The van der Waals surface area contributed by atoms with E-state index in [-0.39, 0.29) is 11.8 Å². The largest absolute Gasteiger partial charge is 0.343 e. The molecule has 1 atom stereocenters. The zero-order chi connectivity index (χ0) is 19.3. The number of aryl methyl sites for hydroxylation is 1. The van der Waals surface area contributed by atoms with E-state index in [9.17, 15) is 4.79 Å². The third-order valence-corrected chi connectivity index (χ3v) is 5.82. The van der Waals surface area contributed by atoms with Crippen molar-refractivity contribution in [3.05, 3.63) is 83.3 Å². The first-order valence-corrected chi connectivity index (χ1v) is 9.56. The fraction of sp³-hybridized carbons (Fsp3) is 0.217. The van der Waals surface area contributed by atoms with Crippen molar-refractivity contribution in [2.45, 2.75) is 25.8 Å². The maximum Gasteiger partial charge on any atom is 0.225 e. The van der Waals surface area contributed by atoms with Crippen LogP contribution in [0.2, 0.25) is 0 Å². The SMILES string of the molecule is Cc1c([C@H]2CC(=O)Nc3cccc4c3c2cn4Cc2ccccc2)cnn1C. The average Bonchev–Trinajstić information content (AvgIpc) is 3.18. The Labute approximate surface area is 163 Å². The van der Waals surface area contributed by atoms with Crippen LogP contribution in [0.4, 0.5) is 5.69 Å². The molecule has 3 heterocycles. The first-order valence-electron chi connectivity index (χ1n) is 9.56. The molecule has 0 saturated carbocycles. The van der Waals surface area contributed by atoms with Gasteiger partial charge >= 0.3 is 0 Å². The van der Waals surface area contributed by atoms with E-state index in [0.717, 1.165) is 34.4 Å². The van der Waals surface area contributed by atoms with Gasteiger partial charge < -0.3 is 9.88 Å². The zero-order valence-corrected chi connectivity index (χ0v) is 16.0. The van der Waals surface area contributed by atoms with Gasteiger partial charge in [0, 0.05) is 48.8 Å². The molecule has 4 aromatic rings. The summed E-state index contributed by atoms with van der Waals surface area (Å²) in [5.41, 5.74) is 6.70. The van der Waals surface area contributed by atoms with Crippen LogP contribution in [0.15, 0.2) is 60.9 Å². The molecule has 0 bridgehead atoms. The molecule has 1 N–H and O–H groups in total. The minimum Gasteiger partial charge on any atom is -0.343 e. The lowest BCUT2D eigenvalue weighted by Crippen LogP contribution is -2.14. The summed E-state index contributed by atoms with van der Waals surface area (Å²) in [5, 5.41) is 8.67. The highest BCUT2D eigenvalue weighted by Crippen LogP contribution is 2.41. The maximum absolute atomic E-state index is 12.6. The van der Waals surface area contributed by atoms with Gasteiger partial charge in [-0.15, -0.1) is 0 Å². The van der Waals surface area contributed by atoms with E-state index in [0.29, 0.717) is 6.42 Å². The van der Waals surface area contributed by atoms with Gasteiger partial charge in [0.25, 0.3) is 0 Å². The molecule has 5 nitrogen and oxygen atoms in total. The molecule has 28 heavy (non-hydrogen) atoms. The smallest absolute Gasteiger partial charge is 0.225 e. The van der Waals surface area contributed by atoms with Crippen LogP contribution >= 0.6 is 0 Å². The van der Waals surface area contributed by atoms with Crippen molar-refractivity contribution in [2.24, 2.45) is 7.05 Å². The molecule has 0 radical (unpaired) electrons. The van der Waals surface area contributed by atoms with Crippen LogP contribution < -0.4 is 5.32 Å². The van der Waals surface area contributed by atoms with Crippen LogP contribution in [-0.2, 0) is 18.4 Å².